The molecule has 0 spiro atoms. The van der Waals surface area contributed by atoms with Gasteiger partial charge >= 0.3 is 5.97 Å². The fraction of sp³-hybridized carbons (Fsp3) is 0.889. The predicted molar refractivity (Wildman–Crippen MR) is 44.1 cm³/mol. The molecule has 1 rings (SSSR count). The second-order valence-electron chi connectivity index (χ2n) is 3.91. The maximum absolute atomic E-state index is 13.0. The first-order valence-electron chi connectivity index (χ1n) is 4.59. The van der Waals surface area contributed by atoms with E-state index >= 15 is 0 Å². The maximum atomic E-state index is 13.0. The monoisotopic (exact) mass is 210 g/mol. The number of halogens is 3. The molecule has 0 aliphatic heterocycles. The van der Waals surface area contributed by atoms with Crippen molar-refractivity contribution in [1.82, 2.24) is 0 Å². The van der Waals surface area contributed by atoms with E-state index in [0.717, 1.165) is 0 Å². The zero-order valence-electron chi connectivity index (χ0n) is 7.73. The third-order valence-electron chi connectivity index (χ3n) is 2.82. The normalized spacial score (nSPS) is 31.4. The number of carbonyl (C=O) groups is 1. The number of carboxylic acid groups (broad SMARTS) is 1. The number of hydrogen-bond acceptors (Lipinski definition) is 1. The average molecular weight is 210 g/mol. The van der Waals surface area contributed by atoms with Crippen LogP contribution in [0.5, 0.6) is 0 Å². The van der Waals surface area contributed by atoms with Crippen LogP contribution in [0.15, 0.2) is 0 Å². The standard InChI is InChI=1S/C9H13F3O2/c10-5-4-8(7(13)14)2-1-3-9(11,12)6-8/h1-6H2,(H,13,14). The number of aliphatic carboxylic acids is 1. The Morgan fingerprint density at radius 1 is 1.36 bits per heavy atom. The van der Waals surface area contributed by atoms with Gasteiger partial charge in [0.1, 0.15) is 0 Å². The lowest BCUT2D eigenvalue weighted by Gasteiger charge is -2.36. The van der Waals surface area contributed by atoms with E-state index < -0.39 is 30.4 Å². The predicted octanol–water partition coefficient (Wildman–Crippen LogP) is 2.63. The third-order valence-corrected chi connectivity index (χ3v) is 2.82. The average Bonchev–Trinajstić information content (AvgIpc) is 2.02. The Hall–Kier alpha value is -0.740. The molecule has 0 bridgehead atoms. The summed E-state index contributed by atoms with van der Waals surface area (Å²) in [5.74, 6) is -4.25. The molecule has 1 unspecified atom stereocenters. The van der Waals surface area contributed by atoms with Gasteiger partial charge in [0.2, 0.25) is 5.92 Å². The highest BCUT2D eigenvalue weighted by Gasteiger charge is 2.50. The highest BCUT2D eigenvalue weighted by atomic mass is 19.3. The molecule has 1 saturated carbocycles. The van der Waals surface area contributed by atoms with E-state index in [0.29, 0.717) is 0 Å². The third kappa shape index (κ3) is 2.19. The summed E-state index contributed by atoms with van der Waals surface area (Å²) < 4.78 is 38.1. The van der Waals surface area contributed by atoms with E-state index in [9.17, 15) is 18.0 Å². The molecule has 1 aliphatic carbocycles. The summed E-state index contributed by atoms with van der Waals surface area (Å²) in [7, 11) is 0. The minimum absolute atomic E-state index is 0.152. The maximum Gasteiger partial charge on any atom is 0.309 e. The minimum Gasteiger partial charge on any atom is -0.481 e. The van der Waals surface area contributed by atoms with Gasteiger partial charge in [-0.15, -0.1) is 0 Å². The summed E-state index contributed by atoms with van der Waals surface area (Å²) in [6.45, 7) is -0.859. The topological polar surface area (TPSA) is 37.3 Å². The molecule has 82 valence electrons. The van der Waals surface area contributed by atoms with Gasteiger partial charge in [-0.3, -0.25) is 9.18 Å². The van der Waals surface area contributed by atoms with Gasteiger partial charge in [0.05, 0.1) is 12.1 Å². The van der Waals surface area contributed by atoms with E-state index in [-0.39, 0.29) is 25.7 Å². The van der Waals surface area contributed by atoms with Crippen LogP contribution in [0.1, 0.15) is 32.1 Å². The van der Waals surface area contributed by atoms with Gasteiger partial charge in [-0.1, -0.05) is 0 Å². The molecule has 14 heavy (non-hydrogen) atoms. The van der Waals surface area contributed by atoms with Crippen molar-refractivity contribution in [1.29, 1.82) is 0 Å². The molecule has 0 amide bonds. The summed E-state index contributed by atoms with van der Waals surface area (Å²) in [5, 5.41) is 8.85. The Morgan fingerprint density at radius 2 is 2.00 bits per heavy atom. The van der Waals surface area contributed by atoms with Gasteiger partial charge in [0.15, 0.2) is 0 Å². The molecule has 0 aromatic heterocycles. The van der Waals surface area contributed by atoms with E-state index in [1.54, 1.807) is 0 Å². The van der Waals surface area contributed by atoms with Crippen LogP contribution in [-0.2, 0) is 4.79 Å². The molecule has 0 heterocycles. The zero-order valence-corrected chi connectivity index (χ0v) is 7.73. The van der Waals surface area contributed by atoms with E-state index in [1.807, 2.05) is 0 Å². The van der Waals surface area contributed by atoms with Gasteiger partial charge in [-0.25, -0.2) is 8.78 Å². The largest absolute Gasteiger partial charge is 0.481 e. The van der Waals surface area contributed by atoms with E-state index in [4.69, 9.17) is 5.11 Å². The number of rotatable bonds is 3. The SMILES string of the molecule is O=C(O)C1(CCF)CCCC(F)(F)C1. The Labute approximate surface area is 80.1 Å². The second kappa shape index (κ2) is 3.79. The molecule has 0 radical (unpaired) electrons. The number of alkyl halides is 3. The van der Waals surface area contributed by atoms with Gasteiger partial charge in [0.25, 0.3) is 0 Å². The van der Waals surface area contributed by atoms with Crippen LogP contribution in [0.25, 0.3) is 0 Å². The van der Waals surface area contributed by atoms with Crippen LogP contribution in [0.2, 0.25) is 0 Å². The second-order valence-corrected chi connectivity index (χ2v) is 3.91. The lowest BCUT2D eigenvalue weighted by molar-refractivity contribution is -0.163. The van der Waals surface area contributed by atoms with Crippen molar-refractivity contribution in [2.24, 2.45) is 5.41 Å². The summed E-state index contributed by atoms with van der Waals surface area (Å²) in [6.07, 6.45) is -1.01. The summed E-state index contributed by atoms with van der Waals surface area (Å²) in [6, 6.07) is 0. The first-order chi connectivity index (χ1) is 6.42. The molecule has 5 heteroatoms. The first-order valence-corrected chi connectivity index (χ1v) is 4.59. The fourth-order valence-electron chi connectivity index (χ4n) is 2.04. The van der Waals surface area contributed by atoms with Crippen LogP contribution < -0.4 is 0 Å². The number of hydrogen-bond donors (Lipinski definition) is 1. The van der Waals surface area contributed by atoms with Crippen molar-refractivity contribution in [2.75, 3.05) is 6.67 Å². The Kier molecular flexibility index (Phi) is 3.07. The number of carboxylic acids is 1. The molecular formula is C9H13F3O2. The quantitative estimate of drug-likeness (QED) is 0.777. The lowest BCUT2D eigenvalue weighted by Crippen LogP contribution is -2.41. The highest BCUT2D eigenvalue weighted by molar-refractivity contribution is 5.74. The molecular weight excluding hydrogens is 197 g/mol. The van der Waals surface area contributed by atoms with Crippen molar-refractivity contribution >= 4 is 5.97 Å². The molecule has 0 aromatic rings. The van der Waals surface area contributed by atoms with E-state index in [1.165, 1.54) is 0 Å². The summed E-state index contributed by atoms with van der Waals surface area (Å²) >= 11 is 0. The van der Waals surface area contributed by atoms with Crippen molar-refractivity contribution in [3.8, 4) is 0 Å². The molecule has 1 N–H and O–H groups in total. The highest BCUT2D eigenvalue weighted by Crippen LogP contribution is 2.46. The van der Waals surface area contributed by atoms with Crippen molar-refractivity contribution in [3.05, 3.63) is 0 Å². The molecule has 2 nitrogen and oxygen atoms in total. The van der Waals surface area contributed by atoms with Crippen molar-refractivity contribution < 1.29 is 23.1 Å². The van der Waals surface area contributed by atoms with Gasteiger partial charge in [0, 0.05) is 12.8 Å². The Balaban J connectivity index is 2.82. The molecule has 0 aromatic carbocycles. The van der Waals surface area contributed by atoms with Crippen LogP contribution in [0.3, 0.4) is 0 Å². The van der Waals surface area contributed by atoms with Crippen molar-refractivity contribution in [3.63, 3.8) is 0 Å². The first kappa shape index (κ1) is 11.3. The molecule has 1 atom stereocenters. The smallest absolute Gasteiger partial charge is 0.309 e. The Morgan fingerprint density at radius 3 is 2.43 bits per heavy atom. The Bertz CT molecular complexity index is 226. The molecule has 1 aliphatic rings. The van der Waals surface area contributed by atoms with Crippen LogP contribution in [0, 0.1) is 5.41 Å². The summed E-state index contributed by atoms with van der Waals surface area (Å²) in [5.41, 5.74) is -1.55. The van der Waals surface area contributed by atoms with E-state index in [2.05, 4.69) is 0 Å². The zero-order chi connectivity index (χ0) is 10.8. The lowest BCUT2D eigenvalue weighted by atomic mass is 9.70. The van der Waals surface area contributed by atoms with Crippen LogP contribution >= 0.6 is 0 Å². The van der Waals surface area contributed by atoms with Crippen LogP contribution in [-0.4, -0.2) is 23.7 Å². The fourth-order valence-corrected chi connectivity index (χ4v) is 2.04. The minimum atomic E-state index is -2.95. The van der Waals surface area contributed by atoms with Crippen LogP contribution in [0.4, 0.5) is 13.2 Å². The molecule has 0 saturated heterocycles. The van der Waals surface area contributed by atoms with Gasteiger partial charge in [-0.05, 0) is 19.3 Å². The van der Waals surface area contributed by atoms with Gasteiger partial charge < -0.3 is 5.11 Å². The van der Waals surface area contributed by atoms with Crippen molar-refractivity contribution in [2.45, 2.75) is 38.0 Å². The van der Waals surface area contributed by atoms with Gasteiger partial charge in [-0.2, -0.15) is 0 Å². The molecule has 1 fully saturated rings. The summed E-state index contributed by atoms with van der Waals surface area (Å²) in [4.78, 5) is 10.9.